The van der Waals surface area contributed by atoms with Crippen LogP contribution in [0.3, 0.4) is 0 Å². The molecule has 0 fully saturated rings. The van der Waals surface area contributed by atoms with E-state index in [1.54, 1.807) is 34.9 Å². The van der Waals surface area contributed by atoms with Crippen LogP contribution < -0.4 is 5.32 Å². The number of carbonyl (C=O) groups is 1. The zero-order chi connectivity index (χ0) is 20.1. The molecular formula is C20H21FN2O4S. The number of amides is 1. The number of ether oxygens (including phenoxy) is 1. The molecule has 0 atom stereocenters. The maximum Gasteiger partial charge on any atom is 0.240 e. The van der Waals surface area contributed by atoms with Gasteiger partial charge in [0.1, 0.15) is 12.4 Å². The van der Waals surface area contributed by atoms with Gasteiger partial charge in [-0.05, 0) is 12.1 Å². The number of nitrogens with zero attached hydrogens (tertiary/aromatic N) is 1. The Bertz CT molecular complexity index is 1090. The van der Waals surface area contributed by atoms with Gasteiger partial charge in [0, 0.05) is 36.3 Å². The highest BCUT2D eigenvalue weighted by atomic mass is 32.2. The van der Waals surface area contributed by atoms with Gasteiger partial charge in [0.2, 0.25) is 5.91 Å². The van der Waals surface area contributed by atoms with Gasteiger partial charge in [0.25, 0.3) is 0 Å². The summed E-state index contributed by atoms with van der Waals surface area (Å²) in [7, 11) is -2.27. The molecule has 3 aromatic rings. The average Bonchev–Trinajstić information content (AvgIpc) is 3.03. The minimum Gasteiger partial charge on any atom is -0.383 e. The quantitative estimate of drug-likeness (QED) is 0.586. The van der Waals surface area contributed by atoms with Crippen molar-refractivity contribution in [1.29, 1.82) is 0 Å². The SMILES string of the molecule is COCCNC(=O)Cn1cc(S(=O)(=O)Cc2ccccc2F)c2ccccc21. The third-order valence-corrected chi connectivity index (χ3v) is 6.02. The molecule has 0 radical (unpaired) electrons. The van der Waals surface area contributed by atoms with Gasteiger partial charge in [0.05, 0.1) is 17.3 Å². The summed E-state index contributed by atoms with van der Waals surface area (Å²) in [5.74, 6) is -1.27. The third kappa shape index (κ3) is 4.40. The number of fused-ring (bicyclic) bond motifs is 1. The molecule has 0 aliphatic rings. The van der Waals surface area contributed by atoms with Crippen LogP contribution in [0.15, 0.2) is 59.6 Å². The predicted molar refractivity (Wildman–Crippen MR) is 104 cm³/mol. The van der Waals surface area contributed by atoms with Crippen LogP contribution in [0.4, 0.5) is 4.39 Å². The number of para-hydroxylation sites is 1. The molecule has 0 saturated carbocycles. The van der Waals surface area contributed by atoms with Crippen LogP contribution in [-0.4, -0.2) is 39.2 Å². The first-order chi connectivity index (χ1) is 13.4. The Morgan fingerprint density at radius 3 is 2.61 bits per heavy atom. The second-order valence-corrected chi connectivity index (χ2v) is 8.29. The number of sulfone groups is 1. The number of benzene rings is 2. The number of hydrogen-bond acceptors (Lipinski definition) is 4. The van der Waals surface area contributed by atoms with E-state index in [-0.39, 0.29) is 22.9 Å². The molecule has 0 saturated heterocycles. The maximum atomic E-state index is 13.9. The summed E-state index contributed by atoms with van der Waals surface area (Å²) >= 11 is 0. The second kappa shape index (κ2) is 8.53. The lowest BCUT2D eigenvalue weighted by Gasteiger charge is -2.06. The molecule has 1 aromatic heterocycles. The topological polar surface area (TPSA) is 77.4 Å². The van der Waals surface area contributed by atoms with Crippen LogP contribution in [0.1, 0.15) is 5.56 Å². The Labute approximate surface area is 162 Å². The monoisotopic (exact) mass is 404 g/mol. The molecule has 1 heterocycles. The first-order valence-electron chi connectivity index (χ1n) is 8.72. The molecule has 1 N–H and O–H groups in total. The summed E-state index contributed by atoms with van der Waals surface area (Å²) in [6, 6.07) is 12.7. The van der Waals surface area contributed by atoms with Gasteiger partial charge < -0.3 is 14.6 Å². The molecule has 0 aliphatic heterocycles. The van der Waals surface area contributed by atoms with Crippen molar-refractivity contribution in [2.24, 2.45) is 0 Å². The fourth-order valence-corrected chi connectivity index (χ4v) is 4.59. The smallest absolute Gasteiger partial charge is 0.240 e. The Morgan fingerprint density at radius 1 is 1.14 bits per heavy atom. The fraction of sp³-hybridized carbons (Fsp3) is 0.250. The lowest BCUT2D eigenvalue weighted by atomic mass is 10.2. The first kappa shape index (κ1) is 20.0. The fourth-order valence-electron chi connectivity index (χ4n) is 2.99. The van der Waals surface area contributed by atoms with Crippen LogP contribution in [0.5, 0.6) is 0 Å². The van der Waals surface area contributed by atoms with Crippen molar-refractivity contribution in [2.75, 3.05) is 20.3 Å². The number of carbonyl (C=O) groups excluding carboxylic acids is 1. The van der Waals surface area contributed by atoms with E-state index in [4.69, 9.17) is 4.74 Å². The third-order valence-electron chi connectivity index (χ3n) is 4.33. The van der Waals surface area contributed by atoms with Crippen molar-refractivity contribution < 1.29 is 22.3 Å². The van der Waals surface area contributed by atoms with Gasteiger partial charge in [0.15, 0.2) is 9.84 Å². The Hall–Kier alpha value is -2.71. The van der Waals surface area contributed by atoms with Crippen LogP contribution in [0, 0.1) is 5.82 Å². The molecule has 28 heavy (non-hydrogen) atoms. The van der Waals surface area contributed by atoms with Crippen molar-refractivity contribution in [3.05, 3.63) is 66.1 Å². The van der Waals surface area contributed by atoms with Crippen LogP contribution in [0.25, 0.3) is 10.9 Å². The van der Waals surface area contributed by atoms with Crippen LogP contribution in [0.2, 0.25) is 0 Å². The Morgan fingerprint density at radius 2 is 1.86 bits per heavy atom. The summed E-state index contributed by atoms with van der Waals surface area (Å²) in [5, 5.41) is 3.21. The van der Waals surface area contributed by atoms with E-state index >= 15 is 0 Å². The molecule has 3 rings (SSSR count). The summed E-state index contributed by atoms with van der Waals surface area (Å²) in [6.07, 6.45) is 1.44. The van der Waals surface area contributed by atoms with E-state index in [1.165, 1.54) is 31.5 Å². The number of rotatable bonds is 8. The number of methoxy groups -OCH3 is 1. The molecule has 6 nitrogen and oxygen atoms in total. The molecule has 0 spiro atoms. The minimum atomic E-state index is -3.81. The molecule has 148 valence electrons. The second-order valence-electron chi connectivity index (χ2n) is 6.33. The van der Waals surface area contributed by atoms with Gasteiger partial charge in [-0.1, -0.05) is 36.4 Å². The molecular weight excluding hydrogens is 383 g/mol. The van der Waals surface area contributed by atoms with Gasteiger partial charge in [-0.2, -0.15) is 0 Å². The zero-order valence-electron chi connectivity index (χ0n) is 15.4. The van der Waals surface area contributed by atoms with Crippen molar-refractivity contribution in [3.63, 3.8) is 0 Å². The lowest BCUT2D eigenvalue weighted by molar-refractivity contribution is -0.121. The summed E-state index contributed by atoms with van der Waals surface area (Å²) in [5.41, 5.74) is 0.730. The molecule has 2 aromatic carbocycles. The summed E-state index contributed by atoms with van der Waals surface area (Å²) in [6.45, 7) is 0.729. The highest BCUT2D eigenvalue weighted by Gasteiger charge is 2.23. The van der Waals surface area contributed by atoms with Crippen molar-refractivity contribution >= 4 is 26.6 Å². The van der Waals surface area contributed by atoms with Gasteiger partial charge in [-0.3, -0.25) is 4.79 Å². The Balaban J connectivity index is 1.93. The van der Waals surface area contributed by atoms with E-state index in [9.17, 15) is 17.6 Å². The molecule has 0 bridgehead atoms. The van der Waals surface area contributed by atoms with E-state index in [2.05, 4.69) is 5.32 Å². The van der Waals surface area contributed by atoms with Crippen molar-refractivity contribution in [2.45, 2.75) is 17.2 Å². The van der Waals surface area contributed by atoms with Crippen molar-refractivity contribution in [1.82, 2.24) is 9.88 Å². The van der Waals surface area contributed by atoms with Crippen LogP contribution in [-0.2, 0) is 31.7 Å². The normalized spacial score (nSPS) is 11.6. The average molecular weight is 404 g/mol. The van der Waals surface area contributed by atoms with Crippen molar-refractivity contribution in [3.8, 4) is 0 Å². The predicted octanol–water partition coefficient (Wildman–Crippen LogP) is 2.52. The maximum absolute atomic E-state index is 13.9. The van der Waals surface area contributed by atoms with Gasteiger partial charge in [-0.25, -0.2) is 12.8 Å². The van der Waals surface area contributed by atoms with E-state index in [0.29, 0.717) is 24.1 Å². The summed E-state index contributed by atoms with van der Waals surface area (Å²) in [4.78, 5) is 12.2. The van der Waals surface area contributed by atoms with Gasteiger partial charge in [-0.15, -0.1) is 0 Å². The van der Waals surface area contributed by atoms with E-state index in [0.717, 1.165) is 0 Å². The number of halogens is 1. The van der Waals surface area contributed by atoms with Crippen LogP contribution >= 0.6 is 0 Å². The zero-order valence-corrected chi connectivity index (χ0v) is 16.2. The molecule has 1 amide bonds. The molecule has 0 unspecified atom stereocenters. The summed E-state index contributed by atoms with van der Waals surface area (Å²) < 4.78 is 46.4. The molecule has 8 heteroatoms. The highest BCUT2D eigenvalue weighted by Crippen LogP contribution is 2.28. The number of hydrogen-bond donors (Lipinski definition) is 1. The lowest BCUT2D eigenvalue weighted by Crippen LogP contribution is -2.30. The largest absolute Gasteiger partial charge is 0.383 e. The molecule has 0 aliphatic carbocycles. The van der Waals surface area contributed by atoms with E-state index < -0.39 is 21.4 Å². The number of nitrogens with one attached hydrogen (secondary N) is 1. The standard InChI is InChI=1S/C20H21FN2O4S/c1-27-11-10-22-20(24)13-23-12-19(16-7-3-5-9-18(16)23)28(25,26)14-15-6-2-4-8-17(15)21/h2-9,12H,10-11,13-14H2,1H3,(H,22,24). The van der Waals surface area contributed by atoms with Gasteiger partial charge >= 0.3 is 0 Å². The Kier molecular flexibility index (Phi) is 6.11. The highest BCUT2D eigenvalue weighted by molar-refractivity contribution is 7.90. The number of aromatic nitrogens is 1. The minimum absolute atomic E-state index is 0.0283. The first-order valence-corrected chi connectivity index (χ1v) is 10.4. The van der Waals surface area contributed by atoms with E-state index in [1.807, 2.05) is 0 Å².